The molecule has 0 heterocycles. The van der Waals surface area contributed by atoms with Crippen molar-refractivity contribution in [1.29, 1.82) is 0 Å². The fraction of sp³-hybridized carbons (Fsp3) is 0.607. The van der Waals surface area contributed by atoms with Crippen LogP contribution in [0.25, 0.3) is 6.08 Å². The number of hydrogen-bond acceptors (Lipinski definition) is 2. The second-order valence-electron chi connectivity index (χ2n) is 9.81. The van der Waals surface area contributed by atoms with E-state index in [-0.39, 0.29) is 17.3 Å². The molecule has 1 aromatic carbocycles. The first-order valence-electron chi connectivity index (χ1n) is 12.1. The van der Waals surface area contributed by atoms with Crippen LogP contribution < -0.4 is 0 Å². The minimum absolute atomic E-state index is 0.173. The van der Waals surface area contributed by atoms with E-state index in [0.717, 1.165) is 42.4 Å². The normalized spacial score (nSPS) is 25.7. The number of unbranched alkanes of at least 4 members (excludes halogenated alkanes) is 5. The van der Waals surface area contributed by atoms with Crippen LogP contribution in [0.3, 0.4) is 0 Å². The topological polar surface area (TPSA) is 37.3 Å². The fourth-order valence-electron chi connectivity index (χ4n) is 5.44. The van der Waals surface area contributed by atoms with Crippen LogP contribution in [0.4, 0.5) is 0 Å². The average Bonchev–Trinajstić information content (AvgIpc) is 2.72. The fourth-order valence-corrected chi connectivity index (χ4v) is 5.44. The molecule has 0 aliphatic heterocycles. The lowest BCUT2D eigenvalue weighted by atomic mass is 9.61. The zero-order valence-corrected chi connectivity index (χ0v) is 19.5. The number of rotatable bonds is 8. The van der Waals surface area contributed by atoms with Gasteiger partial charge in [0.25, 0.3) is 0 Å². The molecular weight excluding hydrogens is 368 g/mol. The predicted molar refractivity (Wildman–Crippen MR) is 127 cm³/mol. The molecule has 0 unspecified atom stereocenters. The zero-order chi connectivity index (χ0) is 21.7. The number of fused-ring (bicyclic) bond motifs is 1. The molecule has 2 nitrogen and oxygen atoms in total. The molecule has 2 heteroatoms. The first kappa shape index (κ1) is 23.0. The quantitative estimate of drug-likeness (QED) is 0.367. The van der Waals surface area contributed by atoms with Gasteiger partial charge in [-0.2, -0.15) is 0 Å². The second-order valence-corrected chi connectivity index (χ2v) is 9.81. The molecule has 0 radical (unpaired) electrons. The zero-order valence-electron chi connectivity index (χ0n) is 19.5. The smallest absolute Gasteiger partial charge is 0.184 e. The van der Waals surface area contributed by atoms with Crippen LogP contribution in [0.5, 0.6) is 0 Å². The standard InChI is InChI=1S/C28H40O2/c1-5-6-7-8-9-10-12-22-15-16-23(20(2)17-22)18-24-19-28(4)25(21(3)27(24)30)13-11-14-26(28)29/h15-18,26,29H,5-14,19H2,1-4H3/b24-18+/t26-,28-/m0/s1. The van der Waals surface area contributed by atoms with E-state index in [1.807, 2.05) is 6.92 Å². The molecule has 1 saturated carbocycles. The van der Waals surface area contributed by atoms with Crippen molar-refractivity contribution >= 4 is 11.9 Å². The SMILES string of the molecule is CCCCCCCCc1ccc(/C=C2\C[C@@]3(C)C(=C(C)C2=O)CCC[C@@H]3O)c(C)c1. The number of aliphatic hydroxyl groups is 1. The number of hydrogen-bond donors (Lipinski definition) is 1. The summed E-state index contributed by atoms with van der Waals surface area (Å²) in [4.78, 5) is 13.1. The maximum atomic E-state index is 13.1. The summed E-state index contributed by atoms with van der Waals surface area (Å²) in [5, 5.41) is 10.7. The van der Waals surface area contributed by atoms with Gasteiger partial charge >= 0.3 is 0 Å². The van der Waals surface area contributed by atoms with Gasteiger partial charge in [0.2, 0.25) is 0 Å². The molecule has 1 fully saturated rings. The van der Waals surface area contributed by atoms with E-state index in [0.29, 0.717) is 6.42 Å². The van der Waals surface area contributed by atoms with Crippen molar-refractivity contribution in [2.45, 2.75) is 104 Å². The Bertz CT molecular complexity index is 829. The summed E-state index contributed by atoms with van der Waals surface area (Å²) in [7, 11) is 0. The van der Waals surface area contributed by atoms with Crippen LogP contribution >= 0.6 is 0 Å². The highest BCUT2D eigenvalue weighted by atomic mass is 16.3. The van der Waals surface area contributed by atoms with Gasteiger partial charge in [-0.15, -0.1) is 0 Å². The molecule has 3 rings (SSSR count). The molecule has 0 bridgehead atoms. The highest BCUT2D eigenvalue weighted by Gasteiger charge is 2.45. The van der Waals surface area contributed by atoms with Gasteiger partial charge in [-0.1, -0.05) is 69.7 Å². The highest BCUT2D eigenvalue weighted by Crippen LogP contribution is 2.50. The molecule has 30 heavy (non-hydrogen) atoms. The Morgan fingerprint density at radius 2 is 1.87 bits per heavy atom. The maximum Gasteiger partial charge on any atom is 0.184 e. The Morgan fingerprint density at radius 1 is 1.13 bits per heavy atom. The van der Waals surface area contributed by atoms with Crippen LogP contribution in [-0.4, -0.2) is 17.0 Å². The van der Waals surface area contributed by atoms with Crippen LogP contribution in [0.2, 0.25) is 0 Å². The highest BCUT2D eigenvalue weighted by molar-refractivity contribution is 6.12. The number of ketones is 1. The molecular formula is C28H40O2. The van der Waals surface area contributed by atoms with Gasteiger partial charge in [-0.25, -0.2) is 0 Å². The first-order chi connectivity index (χ1) is 14.4. The average molecular weight is 409 g/mol. The van der Waals surface area contributed by atoms with Crippen LogP contribution in [0.1, 0.15) is 102 Å². The number of benzene rings is 1. The molecule has 0 amide bonds. The van der Waals surface area contributed by atoms with Crippen molar-refractivity contribution in [1.82, 2.24) is 0 Å². The number of aliphatic hydroxyl groups excluding tert-OH is 1. The summed E-state index contributed by atoms with van der Waals surface area (Å²) >= 11 is 0. The summed E-state index contributed by atoms with van der Waals surface area (Å²) in [6, 6.07) is 6.69. The molecule has 164 valence electrons. The Labute approximate surface area is 183 Å². The summed E-state index contributed by atoms with van der Waals surface area (Å²) in [5.74, 6) is 0.173. The third kappa shape index (κ3) is 4.97. The monoisotopic (exact) mass is 408 g/mol. The molecule has 0 saturated heterocycles. The van der Waals surface area contributed by atoms with Gasteiger partial charge in [0.05, 0.1) is 6.10 Å². The third-order valence-electron chi connectivity index (χ3n) is 7.45. The Balaban J connectivity index is 1.72. The Hall–Kier alpha value is -1.67. The molecule has 1 aromatic rings. The van der Waals surface area contributed by atoms with E-state index in [2.05, 4.69) is 45.0 Å². The van der Waals surface area contributed by atoms with Crippen molar-refractivity contribution in [2.24, 2.45) is 5.41 Å². The van der Waals surface area contributed by atoms with E-state index < -0.39 is 0 Å². The van der Waals surface area contributed by atoms with Gasteiger partial charge in [-0.05, 0) is 80.7 Å². The van der Waals surface area contributed by atoms with Crippen molar-refractivity contribution in [2.75, 3.05) is 0 Å². The van der Waals surface area contributed by atoms with Gasteiger partial charge in [0.1, 0.15) is 0 Å². The van der Waals surface area contributed by atoms with E-state index in [1.165, 1.54) is 55.2 Å². The molecule has 0 spiro atoms. The van der Waals surface area contributed by atoms with Crippen molar-refractivity contribution < 1.29 is 9.90 Å². The number of carbonyl (C=O) groups is 1. The lowest BCUT2D eigenvalue weighted by molar-refractivity contribution is -0.113. The summed E-state index contributed by atoms with van der Waals surface area (Å²) in [6.07, 6.45) is 14.2. The van der Waals surface area contributed by atoms with Crippen molar-refractivity contribution in [3.63, 3.8) is 0 Å². The minimum atomic E-state index is -0.353. The second kappa shape index (κ2) is 10.1. The van der Waals surface area contributed by atoms with Crippen LogP contribution in [-0.2, 0) is 11.2 Å². The largest absolute Gasteiger partial charge is 0.392 e. The van der Waals surface area contributed by atoms with Crippen molar-refractivity contribution in [3.8, 4) is 0 Å². The van der Waals surface area contributed by atoms with E-state index in [4.69, 9.17) is 0 Å². The number of carbonyl (C=O) groups excluding carboxylic acids is 1. The summed E-state index contributed by atoms with van der Waals surface area (Å²) < 4.78 is 0. The number of aryl methyl sites for hydroxylation is 2. The molecule has 2 aliphatic carbocycles. The van der Waals surface area contributed by atoms with Crippen LogP contribution in [0, 0.1) is 12.3 Å². The molecule has 2 aliphatic rings. The van der Waals surface area contributed by atoms with Gasteiger partial charge in [-0.3, -0.25) is 4.79 Å². The van der Waals surface area contributed by atoms with Crippen molar-refractivity contribution in [3.05, 3.63) is 51.6 Å². The first-order valence-corrected chi connectivity index (χ1v) is 12.1. The molecule has 2 atom stereocenters. The summed E-state index contributed by atoms with van der Waals surface area (Å²) in [5.41, 5.74) is 6.39. The molecule has 1 N–H and O–H groups in total. The predicted octanol–water partition coefficient (Wildman–Crippen LogP) is 7.12. The third-order valence-corrected chi connectivity index (χ3v) is 7.45. The van der Waals surface area contributed by atoms with Gasteiger partial charge < -0.3 is 5.11 Å². The maximum absolute atomic E-state index is 13.1. The Morgan fingerprint density at radius 3 is 2.60 bits per heavy atom. The molecule has 0 aromatic heterocycles. The Kier molecular flexibility index (Phi) is 7.74. The van der Waals surface area contributed by atoms with E-state index in [1.54, 1.807) is 0 Å². The number of Topliss-reactive ketones (excluding diaryl/α,β-unsaturated/α-hetero) is 1. The van der Waals surface area contributed by atoms with Crippen LogP contribution in [0.15, 0.2) is 34.9 Å². The lowest BCUT2D eigenvalue weighted by Gasteiger charge is -2.45. The summed E-state index contributed by atoms with van der Waals surface area (Å²) in [6.45, 7) is 8.51. The van der Waals surface area contributed by atoms with E-state index >= 15 is 0 Å². The minimum Gasteiger partial charge on any atom is -0.392 e. The van der Waals surface area contributed by atoms with E-state index in [9.17, 15) is 9.90 Å². The van der Waals surface area contributed by atoms with Gasteiger partial charge in [0.15, 0.2) is 5.78 Å². The number of allylic oxidation sites excluding steroid dienone is 2. The lowest BCUT2D eigenvalue weighted by Crippen LogP contribution is -2.42. The van der Waals surface area contributed by atoms with Gasteiger partial charge in [0, 0.05) is 11.0 Å².